The largest absolute Gasteiger partial charge is 0.463 e. The number of carbonyl (C=O) groups is 2. The van der Waals surface area contributed by atoms with Crippen molar-refractivity contribution in [2.24, 2.45) is 5.92 Å². The number of hydrogen-bond donors (Lipinski definition) is 0. The molecular formula is C21H36O4. The maximum atomic E-state index is 11.4. The maximum Gasteiger partial charge on any atom is 0.331 e. The number of hydrogen-bond acceptors (Lipinski definition) is 4. The van der Waals surface area contributed by atoms with E-state index in [9.17, 15) is 9.59 Å². The fourth-order valence-corrected chi connectivity index (χ4v) is 2.16. The third-order valence-corrected chi connectivity index (χ3v) is 3.76. The van der Waals surface area contributed by atoms with Crippen molar-refractivity contribution in [1.29, 1.82) is 0 Å². The Morgan fingerprint density at radius 3 is 2.08 bits per heavy atom. The van der Waals surface area contributed by atoms with Gasteiger partial charge in [0.25, 0.3) is 0 Å². The zero-order valence-corrected chi connectivity index (χ0v) is 16.3. The standard InChI is InChI=1S/C21H36O4/c1-4-5-6-7-8-9-10-11-12-13-17-24-20(22)14-15-21(23)25-18-16-19(2)3/h12-15,19H,4-11,16-18H2,1-3H3/b13-12+,15-14+. The number of unbranched alkanes of at least 4 members (excludes halogenated alkanes) is 7. The minimum atomic E-state index is -0.526. The lowest BCUT2D eigenvalue weighted by Gasteiger charge is -2.04. The van der Waals surface area contributed by atoms with E-state index in [4.69, 9.17) is 9.47 Å². The van der Waals surface area contributed by atoms with Gasteiger partial charge in [0.1, 0.15) is 6.61 Å². The predicted octanol–water partition coefficient (Wildman–Crippen LogP) is 5.37. The summed E-state index contributed by atoms with van der Waals surface area (Å²) in [6.07, 6.45) is 17.0. The van der Waals surface area contributed by atoms with Gasteiger partial charge >= 0.3 is 11.9 Å². The van der Waals surface area contributed by atoms with Gasteiger partial charge in [0.15, 0.2) is 0 Å². The van der Waals surface area contributed by atoms with E-state index in [2.05, 4.69) is 20.8 Å². The van der Waals surface area contributed by atoms with Gasteiger partial charge in [-0.2, -0.15) is 0 Å². The van der Waals surface area contributed by atoms with E-state index >= 15 is 0 Å². The molecule has 0 spiro atoms. The first kappa shape index (κ1) is 23.4. The summed E-state index contributed by atoms with van der Waals surface area (Å²) < 4.78 is 9.95. The maximum absolute atomic E-state index is 11.4. The third-order valence-electron chi connectivity index (χ3n) is 3.76. The Hall–Kier alpha value is -1.58. The first-order chi connectivity index (χ1) is 12.1. The molecule has 144 valence electrons. The molecule has 0 aliphatic rings. The summed E-state index contributed by atoms with van der Waals surface area (Å²) in [6, 6.07) is 0. The van der Waals surface area contributed by atoms with E-state index in [0.717, 1.165) is 25.0 Å². The van der Waals surface area contributed by atoms with Crippen molar-refractivity contribution in [3.63, 3.8) is 0 Å². The van der Waals surface area contributed by atoms with Crippen molar-refractivity contribution in [2.45, 2.75) is 78.6 Å². The number of esters is 2. The summed E-state index contributed by atoms with van der Waals surface area (Å²) in [5.74, 6) is -0.553. The van der Waals surface area contributed by atoms with Crippen LogP contribution < -0.4 is 0 Å². The molecule has 0 saturated heterocycles. The highest BCUT2D eigenvalue weighted by Gasteiger charge is 2.01. The lowest BCUT2D eigenvalue weighted by atomic mass is 10.1. The highest BCUT2D eigenvalue weighted by molar-refractivity contribution is 5.91. The van der Waals surface area contributed by atoms with Gasteiger partial charge in [0.05, 0.1) is 6.61 Å². The van der Waals surface area contributed by atoms with Crippen LogP contribution in [0.3, 0.4) is 0 Å². The molecule has 25 heavy (non-hydrogen) atoms. The third kappa shape index (κ3) is 18.6. The Morgan fingerprint density at radius 1 is 0.840 bits per heavy atom. The van der Waals surface area contributed by atoms with Gasteiger partial charge in [0, 0.05) is 12.2 Å². The Morgan fingerprint density at radius 2 is 1.44 bits per heavy atom. The number of allylic oxidation sites excluding steroid dienone is 1. The molecule has 0 aromatic carbocycles. The van der Waals surface area contributed by atoms with Crippen molar-refractivity contribution in [1.82, 2.24) is 0 Å². The SMILES string of the molecule is CCCCCCCCC/C=C/COC(=O)/C=C/C(=O)OCCC(C)C. The molecule has 0 aromatic heterocycles. The Bertz CT molecular complexity index is 397. The van der Waals surface area contributed by atoms with Crippen molar-refractivity contribution >= 4 is 11.9 Å². The van der Waals surface area contributed by atoms with E-state index in [0.29, 0.717) is 12.5 Å². The second-order valence-corrected chi connectivity index (χ2v) is 6.69. The average molecular weight is 353 g/mol. The van der Waals surface area contributed by atoms with Crippen LogP contribution in [0.15, 0.2) is 24.3 Å². The van der Waals surface area contributed by atoms with Gasteiger partial charge < -0.3 is 9.47 Å². The quantitative estimate of drug-likeness (QED) is 0.172. The molecule has 0 saturated carbocycles. The molecule has 0 unspecified atom stereocenters. The van der Waals surface area contributed by atoms with Crippen LogP contribution in [-0.4, -0.2) is 25.2 Å². The molecule has 0 fully saturated rings. The molecule has 0 radical (unpaired) electrons. The van der Waals surface area contributed by atoms with Crippen molar-refractivity contribution in [2.75, 3.05) is 13.2 Å². The first-order valence-corrected chi connectivity index (χ1v) is 9.72. The molecule has 0 amide bonds. The van der Waals surface area contributed by atoms with Gasteiger partial charge in [-0.05, 0) is 25.2 Å². The normalized spacial score (nSPS) is 11.5. The molecule has 4 heteroatoms. The predicted molar refractivity (Wildman–Crippen MR) is 102 cm³/mol. The minimum Gasteiger partial charge on any atom is -0.463 e. The molecule has 0 aromatic rings. The molecule has 0 aliphatic carbocycles. The topological polar surface area (TPSA) is 52.6 Å². The number of rotatable bonds is 15. The van der Waals surface area contributed by atoms with Crippen LogP contribution in [0.1, 0.15) is 78.6 Å². The van der Waals surface area contributed by atoms with E-state index in [1.54, 1.807) is 0 Å². The molecule has 4 nitrogen and oxygen atoms in total. The van der Waals surface area contributed by atoms with Gasteiger partial charge in [-0.3, -0.25) is 0 Å². The van der Waals surface area contributed by atoms with Gasteiger partial charge in [-0.1, -0.05) is 71.4 Å². The summed E-state index contributed by atoms with van der Waals surface area (Å²) in [5.41, 5.74) is 0. The molecule has 0 rings (SSSR count). The fourth-order valence-electron chi connectivity index (χ4n) is 2.16. The van der Waals surface area contributed by atoms with Crippen LogP contribution in [0.4, 0.5) is 0 Å². The van der Waals surface area contributed by atoms with E-state index < -0.39 is 11.9 Å². The van der Waals surface area contributed by atoms with E-state index in [1.807, 2.05) is 12.2 Å². The van der Waals surface area contributed by atoms with Gasteiger partial charge in [-0.15, -0.1) is 0 Å². The van der Waals surface area contributed by atoms with E-state index in [1.165, 1.54) is 44.9 Å². The van der Waals surface area contributed by atoms with Crippen LogP contribution >= 0.6 is 0 Å². The number of carbonyl (C=O) groups excluding carboxylic acids is 2. The fraction of sp³-hybridized carbons (Fsp3) is 0.714. The number of ether oxygens (including phenoxy) is 2. The lowest BCUT2D eigenvalue weighted by molar-refractivity contribution is -0.140. The lowest BCUT2D eigenvalue weighted by Crippen LogP contribution is -2.06. The van der Waals surface area contributed by atoms with Crippen molar-refractivity contribution < 1.29 is 19.1 Å². The zero-order chi connectivity index (χ0) is 18.8. The summed E-state index contributed by atoms with van der Waals surface area (Å²) in [7, 11) is 0. The van der Waals surface area contributed by atoms with Crippen LogP contribution in [0.5, 0.6) is 0 Å². The summed E-state index contributed by atoms with van der Waals surface area (Å²) in [5, 5.41) is 0. The molecule has 0 aliphatic heterocycles. The van der Waals surface area contributed by atoms with Crippen LogP contribution in [0, 0.1) is 5.92 Å². The van der Waals surface area contributed by atoms with E-state index in [-0.39, 0.29) is 6.61 Å². The Kier molecular flexibility index (Phi) is 16.2. The monoisotopic (exact) mass is 352 g/mol. The average Bonchev–Trinajstić information content (AvgIpc) is 2.57. The van der Waals surface area contributed by atoms with Crippen LogP contribution in [0.2, 0.25) is 0 Å². The Balaban J connectivity index is 3.55. The molecule has 0 bridgehead atoms. The van der Waals surface area contributed by atoms with Crippen molar-refractivity contribution in [3.05, 3.63) is 24.3 Å². The highest BCUT2D eigenvalue weighted by Crippen LogP contribution is 2.08. The molecule has 0 atom stereocenters. The molecular weight excluding hydrogens is 316 g/mol. The van der Waals surface area contributed by atoms with Crippen LogP contribution in [-0.2, 0) is 19.1 Å². The minimum absolute atomic E-state index is 0.238. The second-order valence-electron chi connectivity index (χ2n) is 6.69. The summed E-state index contributed by atoms with van der Waals surface area (Å²) in [4.78, 5) is 22.8. The van der Waals surface area contributed by atoms with Gasteiger partial charge in [0.2, 0.25) is 0 Å². The highest BCUT2D eigenvalue weighted by atomic mass is 16.5. The van der Waals surface area contributed by atoms with Crippen molar-refractivity contribution in [3.8, 4) is 0 Å². The van der Waals surface area contributed by atoms with Gasteiger partial charge in [-0.25, -0.2) is 9.59 Å². The van der Waals surface area contributed by atoms with Crippen LogP contribution in [0.25, 0.3) is 0 Å². The zero-order valence-electron chi connectivity index (χ0n) is 16.3. The molecule has 0 N–H and O–H groups in total. The summed E-state index contributed by atoms with van der Waals surface area (Å²) >= 11 is 0. The summed E-state index contributed by atoms with van der Waals surface area (Å²) in [6.45, 7) is 6.96. The second kappa shape index (κ2) is 17.2. The molecule has 0 heterocycles. The Labute approximate surface area is 153 Å². The first-order valence-electron chi connectivity index (χ1n) is 9.72. The smallest absolute Gasteiger partial charge is 0.331 e.